The molecule has 0 bridgehead atoms. The Kier molecular flexibility index (Phi) is 2.74. The molecule has 0 spiro atoms. The Hall–Kier alpha value is -1.69. The number of hydrogen-bond donors (Lipinski definition) is 1. The number of hydrogen-bond acceptors (Lipinski definition) is 4. The summed E-state index contributed by atoms with van der Waals surface area (Å²) in [4.78, 5) is 15.0. The molecule has 0 aliphatic carbocycles. The van der Waals surface area contributed by atoms with E-state index in [1.54, 1.807) is 19.2 Å². The van der Waals surface area contributed by atoms with Crippen LogP contribution in [0.4, 0.5) is 0 Å². The number of aromatic carboxylic acids is 1. The van der Waals surface area contributed by atoms with Crippen LogP contribution in [0.2, 0.25) is 0 Å². The van der Waals surface area contributed by atoms with Gasteiger partial charge in [0.15, 0.2) is 0 Å². The van der Waals surface area contributed by atoms with Crippen molar-refractivity contribution >= 4 is 21.9 Å². The van der Waals surface area contributed by atoms with Crippen molar-refractivity contribution in [2.24, 2.45) is 0 Å². The lowest BCUT2D eigenvalue weighted by Gasteiger charge is -1.98. The van der Waals surface area contributed by atoms with E-state index in [0.29, 0.717) is 11.3 Å². The van der Waals surface area contributed by atoms with Crippen molar-refractivity contribution in [3.8, 4) is 11.3 Å². The van der Waals surface area contributed by atoms with Gasteiger partial charge in [0.05, 0.1) is 0 Å². The van der Waals surface area contributed by atoms with Gasteiger partial charge in [-0.25, -0.2) is 4.79 Å². The molecule has 0 saturated carbocycles. The summed E-state index contributed by atoms with van der Waals surface area (Å²) in [5.41, 5.74) is 0.960. The minimum absolute atomic E-state index is 0.0694. The van der Waals surface area contributed by atoms with E-state index >= 15 is 0 Å². The molecular weight excluding hydrogens is 276 g/mol. The van der Waals surface area contributed by atoms with Crippen LogP contribution in [0, 0.1) is 6.92 Å². The highest BCUT2D eigenvalue weighted by atomic mass is 79.9. The fourth-order valence-electron chi connectivity index (χ4n) is 1.36. The van der Waals surface area contributed by atoms with Gasteiger partial charge in [0.2, 0.25) is 0 Å². The van der Waals surface area contributed by atoms with Crippen LogP contribution in [0.25, 0.3) is 11.3 Å². The van der Waals surface area contributed by atoms with Gasteiger partial charge in [-0.15, -0.1) is 0 Å². The van der Waals surface area contributed by atoms with Crippen LogP contribution in [0.15, 0.2) is 27.5 Å². The number of halogens is 1. The van der Waals surface area contributed by atoms with E-state index in [9.17, 15) is 4.79 Å². The molecule has 2 heterocycles. The number of carboxylic acid groups (broad SMARTS) is 1. The van der Waals surface area contributed by atoms with Crippen LogP contribution in [-0.2, 0) is 0 Å². The smallest absolute Gasteiger partial charge is 0.341 e. The predicted molar refractivity (Wildman–Crippen MR) is 59.1 cm³/mol. The van der Waals surface area contributed by atoms with Gasteiger partial charge in [0, 0.05) is 22.4 Å². The van der Waals surface area contributed by atoms with Crippen LogP contribution < -0.4 is 0 Å². The molecule has 0 fully saturated rings. The number of pyridine rings is 1. The molecule has 0 atom stereocenters. The maximum Gasteiger partial charge on any atom is 0.341 e. The first-order valence-corrected chi connectivity index (χ1v) is 5.19. The van der Waals surface area contributed by atoms with Crippen molar-refractivity contribution in [1.29, 1.82) is 0 Å². The number of nitrogens with zero attached hydrogens (tertiary/aromatic N) is 2. The molecule has 0 saturated heterocycles. The maximum absolute atomic E-state index is 11.0. The van der Waals surface area contributed by atoms with Crippen molar-refractivity contribution in [2.45, 2.75) is 6.92 Å². The van der Waals surface area contributed by atoms with Crippen molar-refractivity contribution in [3.63, 3.8) is 0 Å². The fourth-order valence-corrected chi connectivity index (χ4v) is 1.73. The first kappa shape index (κ1) is 10.8. The molecule has 6 heteroatoms. The average molecular weight is 283 g/mol. The third kappa shape index (κ3) is 1.83. The highest BCUT2D eigenvalue weighted by Crippen LogP contribution is 2.26. The number of carboxylic acids is 1. The quantitative estimate of drug-likeness (QED) is 0.916. The lowest BCUT2D eigenvalue weighted by atomic mass is 10.1. The molecule has 0 aliphatic rings. The molecule has 2 aromatic rings. The Bertz CT molecular complexity index is 551. The van der Waals surface area contributed by atoms with E-state index in [0.717, 1.165) is 4.47 Å². The van der Waals surface area contributed by atoms with E-state index in [1.165, 1.54) is 6.20 Å². The molecule has 0 unspecified atom stereocenters. The second kappa shape index (κ2) is 4.05. The van der Waals surface area contributed by atoms with Crippen LogP contribution in [0.5, 0.6) is 0 Å². The maximum atomic E-state index is 11.0. The first-order chi connectivity index (χ1) is 7.59. The zero-order valence-electron chi connectivity index (χ0n) is 8.27. The highest BCUT2D eigenvalue weighted by molar-refractivity contribution is 9.10. The van der Waals surface area contributed by atoms with Crippen LogP contribution in [0.3, 0.4) is 0 Å². The molecule has 0 aromatic carbocycles. The van der Waals surface area contributed by atoms with Gasteiger partial charge in [-0.1, -0.05) is 5.16 Å². The van der Waals surface area contributed by atoms with E-state index < -0.39 is 5.97 Å². The molecule has 0 amide bonds. The molecule has 5 nitrogen and oxygen atoms in total. The van der Waals surface area contributed by atoms with E-state index in [4.69, 9.17) is 9.63 Å². The number of aromatic nitrogens is 2. The molecule has 2 rings (SSSR count). The van der Waals surface area contributed by atoms with Gasteiger partial charge < -0.3 is 9.63 Å². The Labute approximate surface area is 99.2 Å². The molecular formula is C10H7BrN2O3. The Balaban J connectivity index is 2.60. The number of aryl methyl sites for hydroxylation is 1. The van der Waals surface area contributed by atoms with E-state index in [1.807, 2.05) is 0 Å². The number of rotatable bonds is 2. The lowest BCUT2D eigenvalue weighted by Crippen LogP contribution is -1.99. The molecule has 16 heavy (non-hydrogen) atoms. The summed E-state index contributed by atoms with van der Waals surface area (Å²) >= 11 is 3.26. The molecule has 1 N–H and O–H groups in total. The third-order valence-electron chi connectivity index (χ3n) is 2.05. The van der Waals surface area contributed by atoms with Gasteiger partial charge in [-0.2, -0.15) is 0 Å². The Morgan fingerprint density at radius 3 is 2.88 bits per heavy atom. The molecule has 2 aromatic heterocycles. The largest absolute Gasteiger partial charge is 0.477 e. The van der Waals surface area contributed by atoms with Gasteiger partial charge in [0.1, 0.15) is 17.0 Å². The average Bonchev–Trinajstić information content (AvgIpc) is 2.60. The standard InChI is InChI=1S/C10H7BrN2O3/c1-5-8(10(14)15)9(13-16-5)6-2-7(11)4-12-3-6/h2-4H,1H3,(H,14,15). The molecule has 0 aliphatic heterocycles. The minimum atomic E-state index is -1.06. The van der Waals surface area contributed by atoms with Gasteiger partial charge >= 0.3 is 5.97 Å². The first-order valence-electron chi connectivity index (χ1n) is 4.40. The Morgan fingerprint density at radius 2 is 2.25 bits per heavy atom. The monoisotopic (exact) mass is 282 g/mol. The second-order valence-electron chi connectivity index (χ2n) is 3.16. The summed E-state index contributed by atoms with van der Waals surface area (Å²) in [6, 6.07) is 1.73. The zero-order chi connectivity index (χ0) is 11.7. The summed E-state index contributed by atoms with van der Waals surface area (Å²) in [7, 11) is 0. The topological polar surface area (TPSA) is 76.2 Å². The van der Waals surface area contributed by atoms with Crippen molar-refractivity contribution in [1.82, 2.24) is 10.1 Å². The summed E-state index contributed by atoms with van der Waals surface area (Å²) in [6.07, 6.45) is 3.14. The minimum Gasteiger partial charge on any atom is -0.477 e. The highest BCUT2D eigenvalue weighted by Gasteiger charge is 2.20. The normalized spacial score (nSPS) is 10.4. The summed E-state index contributed by atoms with van der Waals surface area (Å²) in [5, 5.41) is 12.8. The van der Waals surface area contributed by atoms with Gasteiger partial charge in [0.25, 0.3) is 0 Å². The second-order valence-corrected chi connectivity index (χ2v) is 4.08. The zero-order valence-corrected chi connectivity index (χ0v) is 9.85. The fraction of sp³-hybridized carbons (Fsp3) is 0.100. The molecule has 0 radical (unpaired) electrons. The van der Waals surface area contributed by atoms with Crippen LogP contribution in [0.1, 0.15) is 16.1 Å². The third-order valence-corrected chi connectivity index (χ3v) is 2.49. The van der Waals surface area contributed by atoms with E-state index in [-0.39, 0.29) is 11.3 Å². The predicted octanol–water partition coefficient (Wildman–Crippen LogP) is 2.51. The van der Waals surface area contributed by atoms with Crippen molar-refractivity contribution in [3.05, 3.63) is 34.3 Å². The van der Waals surface area contributed by atoms with Gasteiger partial charge in [-0.3, -0.25) is 4.98 Å². The number of carbonyl (C=O) groups is 1. The molecule has 82 valence electrons. The summed E-state index contributed by atoms with van der Waals surface area (Å²) in [5.74, 6) is -0.781. The van der Waals surface area contributed by atoms with E-state index in [2.05, 4.69) is 26.1 Å². The SMILES string of the molecule is Cc1onc(-c2cncc(Br)c2)c1C(=O)O. The Morgan fingerprint density at radius 1 is 1.50 bits per heavy atom. The van der Waals surface area contributed by atoms with Crippen molar-refractivity contribution < 1.29 is 14.4 Å². The van der Waals surface area contributed by atoms with Gasteiger partial charge in [-0.05, 0) is 28.9 Å². The summed E-state index contributed by atoms with van der Waals surface area (Å²) < 4.78 is 5.63. The summed E-state index contributed by atoms with van der Waals surface area (Å²) in [6.45, 7) is 1.56. The van der Waals surface area contributed by atoms with Crippen LogP contribution >= 0.6 is 15.9 Å². The lowest BCUT2D eigenvalue weighted by molar-refractivity contribution is 0.0696. The van der Waals surface area contributed by atoms with Crippen LogP contribution in [-0.4, -0.2) is 21.2 Å². The van der Waals surface area contributed by atoms with Crippen molar-refractivity contribution in [2.75, 3.05) is 0 Å².